The third kappa shape index (κ3) is 3.40. The Bertz CT molecular complexity index is 1070. The van der Waals surface area contributed by atoms with Crippen LogP contribution in [0.5, 0.6) is 5.75 Å². The number of hydrogen-bond donors (Lipinski definition) is 1. The number of ether oxygens (including phenoxy) is 2. The van der Waals surface area contributed by atoms with Crippen LogP contribution >= 0.6 is 11.6 Å². The fraction of sp³-hybridized carbons (Fsp3) is 0.333. The van der Waals surface area contributed by atoms with Gasteiger partial charge in [0.15, 0.2) is 0 Å². The van der Waals surface area contributed by atoms with Gasteiger partial charge in [-0.1, -0.05) is 54.1 Å². The highest BCUT2D eigenvalue weighted by Gasteiger charge is 2.66. The van der Waals surface area contributed by atoms with Crippen molar-refractivity contribution in [3.8, 4) is 5.75 Å². The molecule has 31 heavy (non-hydrogen) atoms. The minimum Gasteiger partial charge on any atom is -0.497 e. The van der Waals surface area contributed by atoms with Gasteiger partial charge in [0.2, 0.25) is 11.8 Å². The van der Waals surface area contributed by atoms with Gasteiger partial charge in [0.25, 0.3) is 0 Å². The van der Waals surface area contributed by atoms with Gasteiger partial charge in [-0.3, -0.25) is 9.59 Å². The predicted octanol–water partition coefficient (Wildman–Crippen LogP) is 2.95. The third-order valence-electron chi connectivity index (χ3n) is 6.40. The lowest BCUT2D eigenvalue weighted by Gasteiger charge is -2.23. The molecule has 4 atom stereocenters. The van der Waals surface area contributed by atoms with E-state index >= 15 is 0 Å². The van der Waals surface area contributed by atoms with Gasteiger partial charge < -0.3 is 19.7 Å². The van der Waals surface area contributed by atoms with Crippen LogP contribution < -0.4 is 10.1 Å². The Balaban J connectivity index is 1.32. The van der Waals surface area contributed by atoms with E-state index in [2.05, 4.69) is 5.32 Å². The van der Waals surface area contributed by atoms with Crippen molar-refractivity contribution in [2.24, 2.45) is 11.8 Å². The van der Waals surface area contributed by atoms with Crippen molar-refractivity contribution in [2.75, 3.05) is 13.7 Å². The number of carbonyl (C=O) groups excluding carboxylic acids is 2. The smallest absolute Gasteiger partial charge is 0.230 e. The van der Waals surface area contributed by atoms with Crippen LogP contribution in [0.4, 0.5) is 0 Å². The molecule has 0 unspecified atom stereocenters. The van der Waals surface area contributed by atoms with Crippen LogP contribution in [0.1, 0.15) is 11.1 Å². The van der Waals surface area contributed by atoms with Gasteiger partial charge in [-0.2, -0.15) is 0 Å². The molecule has 2 aromatic carbocycles. The van der Waals surface area contributed by atoms with Gasteiger partial charge >= 0.3 is 0 Å². The van der Waals surface area contributed by atoms with E-state index in [0.29, 0.717) is 24.7 Å². The monoisotopic (exact) mass is 438 g/mol. The molecule has 6 nitrogen and oxygen atoms in total. The second-order valence-corrected chi connectivity index (χ2v) is 8.66. The lowest BCUT2D eigenvalue weighted by Crippen LogP contribution is -2.43. The van der Waals surface area contributed by atoms with Gasteiger partial charge in [-0.05, 0) is 29.3 Å². The summed E-state index contributed by atoms with van der Waals surface area (Å²) in [5.74, 6) is -0.557. The van der Waals surface area contributed by atoms with Crippen molar-refractivity contribution in [3.63, 3.8) is 0 Å². The van der Waals surface area contributed by atoms with E-state index in [4.69, 9.17) is 21.1 Å². The molecule has 2 saturated heterocycles. The Labute approximate surface area is 185 Å². The predicted molar refractivity (Wildman–Crippen MR) is 115 cm³/mol. The number of halogens is 1. The lowest BCUT2D eigenvalue weighted by atomic mass is 9.77. The highest BCUT2D eigenvalue weighted by atomic mass is 35.5. The molecule has 5 rings (SSSR count). The zero-order valence-electron chi connectivity index (χ0n) is 17.1. The normalized spacial score (nSPS) is 28.1. The molecule has 3 heterocycles. The standard InChI is InChI=1S/C24H23ClN2O4/c1-30-17-7-4-5-15(11-17)12-26-22(28)20-19-9-10-24(31-19)14-27(23(29)21(20)24)13-16-6-2-3-8-18(16)25/h2-11,19-21H,12-14H2,1H3,(H,26,28)/t19-,20+,21-,24-/m0/s1. The van der Waals surface area contributed by atoms with Crippen molar-refractivity contribution in [1.82, 2.24) is 10.2 Å². The summed E-state index contributed by atoms with van der Waals surface area (Å²) in [5.41, 5.74) is 1.08. The molecule has 3 aliphatic rings. The zero-order chi connectivity index (χ0) is 21.6. The van der Waals surface area contributed by atoms with Gasteiger partial charge in [0.05, 0.1) is 31.6 Å². The van der Waals surface area contributed by atoms with E-state index in [1.165, 1.54) is 0 Å². The third-order valence-corrected chi connectivity index (χ3v) is 6.77. The molecule has 2 amide bonds. The first kappa shape index (κ1) is 20.1. The van der Waals surface area contributed by atoms with Gasteiger partial charge in [-0.15, -0.1) is 0 Å². The first-order valence-corrected chi connectivity index (χ1v) is 10.7. The largest absolute Gasteiger partial charge is 0.497 e. The average molecular weight is 439 g/mol. The molecule has 0 aliphatic carbocycles. The number of fused-ring (bicyclic) bond motifs is 1. The number of nitrogens with zero attached hydrogens (tertiary/aromatic N) is 1. The summed E-state index contributed by atoms with van der Waals surface area (Å²) in [5, 5.41) is 3.60. The van der Waals surface area contributed by atoms with Gasteiger partial charge in [-0.25, -0.2) is 0 Å². The summed E-state index contributed by atoms with van der Waals surface area (Å²) in [6.07, 6.45) is 3.50. The summed E-state index contributed by atoms with van der Waals surface area (Å²) in [6.45, 7) is 1.19. The molecule has 1 N–H and O–H groups in total. The number of hydrogen-bond acceptors (Lipinski definition) is 4. The lowest BCUT2D eigenvalue weighted by molar-refractivity contribution is -0.137. The fourth-order valence-electron chi connectivity index (χ4n) is 4.93. The second kappa shape index (κ2) is 7.70. The highest BCUT2D eigenvalue weighted by Crippen LogP contribution is 2.52. The van der Waals surface area contributed by atoms with E-state index in [-0.39, 0.29) is 17.9 Å². The minimum absolute atomic E-state index is 0.0618. The second-order valence-electron chi connectivity index (χ2n) is 8.26. The fourth-order valence-corrected chi connectivity index (χ4v) is 5.13. The van der Waals surface area contributed by atoms with Crippen LogP contribution in [0.15, 0.2) is 60.7 Å². The van der Waals surface area contributed by atoms with E-state index < -0.39 is 17.4 Å². The highest BCUT2D eigenvalue weighted by molar-refractivity contribution is 6.31. The molecule has 1 spiro atoms. The molecular formula is C24H23ClN2O4. The summed E-state index contributed by atoms with van der Waals surface area (Å²) in [4.78, 5) is 28.2. The van der Waals surface area contributed by atoms with E-state index in [1.54, 1.807) is 12.0 Å². The quantitative estimate of drug-likeness (QED) is 0.704. The van der Waals surface area contributed by atoms with Crippen molar-refractivity contribution in [3.05, 3.63) is 76.8 Å². The molecule has 7 heteroatoms. The topological polar surface area (TPSA) is 67.9 Å². The molecule has 0 radical (unpaired) electrons. The van der Waals surface area contributed by atoms with Crippen LogP contribution in [0.2, 0.25) is 5.02 Å². The van der Waals surface area contributed by atoms with E-state index in [1.807, 2.05) is 60.7 Å². The van der Waals surface area contributed by atoms with Crippen LogP contribution in [0, 0.1) is 11.8 Å². The number of methoxy groups -OCH3 is 1. The number of benzene rings is 2. The number of rotatable bonds is 6. The van der Waals surface area contributed by atoms with Crippen molar-refractivity contribution in [1.29, 1.82) is 0 Å². The molecule has 2 aromatic rings. The van der Waals surface area contributed by atoms with Crippen LogP contribution in [-0.2, 0) is 27.4 Å². The average Bonchev–Trinajstić information content (AvgIpc) is 3.42. The summed E-state index contributed by atoms with van der Waals surface area (Å²) < 4.78 is 11.4. The van der Waals surface area contributed by atoms with Crippen molar-refractivity contribution < 1.29 is 19.1 Å². The molecule has 2 fully saturated rings. The van der Waals surface area contributed by atoms with Crippen LogP contribution in [0.25, 0.3) is 0 Å². The Morgan fingerprint density at radius 2 is 2.13 bits per heavy atom. The van der Waals surface area contributed by atoms with Gasteiger partial charge in [0.1, 0.15) is 11.4 Å². The number of carbonyl (C=O) groups is 2. The first-order chi connectivity index (χ1) is 15.0. The SMILES string of the molecule is COc1cccc(CNC(=O)[C@@H]2[C@@H]3C=C[C@@]4(CN(Cc5ccccc5Cl)C(=O)[C@H]24)O3)c1. The van der Waals surface area contributed by atoms with E-state index in [9.17, 15) is 9.59 Å². The number of nitrogens with one attached hydrogen (secondary N) is 1. The Morgan fingerprint density at radius 1 is 1.29 bits per heavy atom. The minimum atomic E-state index is -0.735. The summed E-state index contributed by atoms with van der Waals surface area (Å²) in [6, 6.07) is 15.0. The molecule has 0 saturated carbocycles. The Kier molecular flexibility index (Phi) is 4.99. The summed E-state index contributed by atoms with van der Waals surface area (Å²) >= 11 is 6.29. The van der Waals surface area contributed by atoms with Crippen molar-refractivity contribution in [2.45, 2.75) is 24.8 Å². The number of likely N-dealkylation sites (tertiary alicyclic amines) is 1. The Hall–Kier alpha value is -2.83. The summed E-state index contributed by atoms with van der Waals surface area (Å²) in [7, 11) is 1.61. The number of amides is 2. The maximum atomic E-state index is 13.3. The zero-order valence-corrected chi connectivity index (χ0v) is 17.8. The van der Waals surface area contributed by atoms with Crippen LogP contribution in [0.3, 0.4) is 0 Å². The molecular weight excluding hydrogens is 416 g/mol. The maximum Gasteiger partial charge on any atom is 0.230 e. The molecule has 0 aromatic heterocycles. The van der Waals surface area contributed by atoms with E-state index in [0.717, 1.165) is 16.9 Å². The van der Waals surface area contributed by atoms with Crippen LogP contribution in [-0.4, -0.2) is 42.1 Å². The molecule has 3 aliphatic heterocycles. The molecule has 160 valence electrons. The molecule has 2 bridgehead atoms. The van der Waals surface area contributed by atoms with Gasteiger partial charge in [0, 0.05) is 18.1 Å². The first-order valence-electron chi connectivity index (χ1n) is 10.3. The Morgan fingerprint density at radius 3 is 2.94 bits per heavy atom. The maximum absolute atomic E-state index is 13.3. The van der Waals surface area contributed by atoms with Crippen molar-refractivity contribution >= 4 is 23.4 Å².